The number of anilines is 1. The first-order valence-electron chi connectivity index (χ1n) is 11.3. The van der Waals surface area contributed by atoms with Gasteiger partial charge in [0.05, 0.1) is 17.4 Å². The predicted molar refractivity (Wildman–Crippen MR) is 122 cm³/mol. The Morgan fingerprint density at radius 1 is 0.812 bits per heavy atom. The Bertz CT molecular complexity index is 1270. The number of thiophene rings is 1. The smallest absolute Gasteiger partial charge is 0.239 e. The molecule has 4 nitrogen and oxygen atoms in total. The minimum Gasteiger partial charge on any atom is -0.274 e. The van der Waals surface area contributed by atoms with E-state index in [1.807, 2.05) is 24.3 Å². The average Bonchev–Trinajstić information content (AvgIpc) is 3.33. The van der Waals surface area contributed by atoms with Gasteiger partial charge in [-0.05, 0) is 53.5 Å². The van der Waals surface area contributed by atoms with E-state index >= 15 is 0 Å². The lowest BCUT2D eigenvalue weighted by Gasteiger charge is -2.45. The van der Waals surface area contributed by atoms with Crippen molar-refractivity contribution in [2.45, 2.75) is 37.5 Å². The third-order valence-corrected chi connectivity index (χ3v) is 9.19. The molecular weight excluding hydrogens is 416 g/mol. The fourth-order valence-corrected chi connectivity index (χ4v) is 8.05. The normalized spacial score (nSPS) is 26.9. The highest BCUT2D eigenvalue weighted by molar-refractivity contribution is 7.17. The first kappa shape index (κ1) is 18.4. The van der Waals surface area contributed by atoms with Crippen molar-refractivity contribution in [2.75, 3.05) is 4.90 Å². The molecule has 0 radical (unpaired) electrons. The first-order valence-corrected chi connectivity index (χ1v) is 12.1. The van der Waals surface area contributed by atoms with E-state index in [0.29, 0.717) is 10.6 Å². The lowest BCUT2D eigenvalue weighted by molar-refractivity contribution is -0.122. The van der Waals surface area contributed by atoms with E-state index in [-0.39, 0.29) is 23.7 Å². The van der Waals surface area contributed by atoms with Crippen molar-refractivity contribution >= 4 is 28.2 Å². The molecule has 0 spiro atoms. The summed E-state index contributed by atoms with van der Waals surface area (Å²) < 4.78 is 0. The molecule has 1 saturated heterocycles. The summed E-state index contributed by atoms with van der Waals surface area (Å²) in [4.78, 5) is 30.5. The number of nitrogens with zero attached hydrogens (tertiary/aromatic N) is 2. The van der Waals surface area contributed by atoms with Gasteiger partial charge in [0.1, 0.15) is 11.1 Å². The van der Waals surface area contributed by atoms with Crippen molar-refractivity contribution in [1.29, 1.82) is 5.26 Å². The summed E-state index contributed by atoms with van der Waals surface area (Å²) in [5.41, 5.74) is 6.30. The molecule has 1 aliphatic heterocycles. The quantitative estimate of drug-likeness (QED) is 0.510. The third-order valence-electron chi connectivity index (χ3n) is 7.92. The summed E-state index contributed by atoms with van der Waals surface area (Å²) in [5, 5.41) is 10.5. The van der Waals surface area contributed by atoms with E-state index in [1.165, 1.54) is 43.4 Å². The molecule has 2 bridgehead atoms. The zero-order valence-corrected chi connectivity index (χ0v) is 18.2. The number of hydrogen-bond donors (Lipinski definition) is 0. The Morgan fingerprint density at radius 3 is 1.81 bits per heavy atom. The Morgan fingerprint density at radius 2 is 1.31 bits per heavy atom. The van der Waals surface area contributed by atoms with Crippen LogP contribution in [0.3, 0.4) is 0 Å². The summed E-state index contributed by atoms with van der Waals surface area (Å²) in [6.07, 6.45) is 3.94. The van der Waals surface area contributed by atoms with Crippen molar-refractivity contribution in [3.63, 3.8) is 0 Å². The number of hydrogen-bond acceptors (Lipinski definition) is 4. The second-order valence-corrected chi connectivity index (χ2v) is 10.4. The largest absolute Gasteiger partial charge is 0.274 e. The average molecular weight is 437 g/mol. The predicted octanol–water partition coefficient (Wildman–Crippen LogP) is 4.90. The second kappa shape index (κ2) is 6.40. The molecule has 4 aliphatic carbocycles. The summed E-state index contributed by atoms with van der Waals surface area (Å²) >= 11 is 1.49. The Kier molecular flexibility index (Phi) is 3.67. The van der Waals surface area contributed by atoms with Gasteiger partial charge in [-0.2, -0.15) is 5.26 Å². The molecule has 1 fully saturated rings. The fourth-order valence-electron chi connectivity index (χ4n) is 6.70. The van der Waals surface area contributed by atoms with E-state index in [2.05, 4.69) is 30.3 Å². The highest BCUT2D eigenvalue weighted by Gasteiger charge is 2.62. The third kappa shape index (κ3) is 2.11. The molecule has 1 aromatic heterocycles. The van der Waals surface area contributed by atoms with Crippen molar-refractivity contribution in [2.24, 2.45) is 11.8 Å². The minimum atomic E-state index is -0.400. The van der Waals surface area contributed by atoms with Crippen LogP contribution in [0.25, 0.3) is 0 Å². The Hall–Kier alpha value is -3.23. The number of nitriles is 1. The molecule has 156 valence electrons. The van der Waals surface area contributed by atoms with Crippen LogP contribution in [-0.2, 0) is 22.4 Å². The fraction of sp³-hybridized carbons (Fsp3) is 0.296. The minimum absolute atomic E-state index is 0.112. The van der Waals surface area contributed by atoms with Gasteiger partial charge in [0.25, 0.3) is 0 Å². The van der Waals surface area contributed by atoms with Crippen molar-refractivity contribution in [3.05, 3.63) is 86.8 Å². The van der Waals surface area contributed by atoms with Gasteiger partial charge in [0.2, 0.25) is 11.8 Å². The van der Waals surface area contributed by atoms with Crippen LogP contribution in [-0.4, -0.2) is 11.8 Å². The zero-order chi connectivity index (χ0) is 21.6. The maximum Gasteiger partial charge on any atom is 0.239 e. The molecule has 0 unspecified atom stereocenters. The summed E-state index contributed by atoms with van der Waals surface area (Å²) in [6.45, 7) is 0. The van der Waals surface area contributed by atoms with Crippen LogP contribution in [0.15, 0.2) is 48.5 Å². The lowest BCUT2D eigenvalue weighted by atomic mass is 9.55. The second-order valence-electron chi connectivity index (χ2n) is 9.28. The number of carbonyl (C=O) groups excluding carboxylic acids is 2. The Labute approximate surface area is 190 Å². The van der Waals surface area contributed by atoms with Crippen LogP contribution >= 0.6 is 11.3 Å². The van der Waals surface area contributed by atoms with Crippen LogP contribution in [0.4, 0.5) is 5.00 Å². The number of fused-ring (bicyclic) bond motifs is 1. The van der Waals surface area contributed by atoms with Gasteiger partial charge in [-0.1, -0.05) is 48.5 Å². The van der Waals surface area contributed by atoms with Crippen LogP contribution in [0, 0.1) is 23.2 Å². The van der Waals surface area contributed by atoms with E-state index < -0.39 is 11.8 Å². The molecule has 3 aromatic rings. The summed E-state index contributed by atoms with van der Waals surface area (Å²) in [6, 6.07) is 18.9. The molecule has 0 N–H and O–H groups in total. The van der Waals surface area contributed by atoms with Crippen LogP contribution in [0.1, 0.15) is 62.9 Å². The van der Waals surface area contributed by atoms with Gasteiger partial charge in [-0.3, -0.25) is 9.59 Å². The monoisotopic (exact) mass is 436 g/mol. The van der Waals surface area contributed by atoms with Gasteiger partial charge < -0.3 is 0 Å². The molecule has 2 amide bonds. The van der Waals surface area contributed by atoms with Gasteiger partial charge in [-0.15, -0.1) is 11.3 Å². The maximum atomic E-state index is 13.9. The molecular formula is C27H20N2O2S. The molecule has 2 heterocycles. The van der Waals surface area contributed by atoms with Crippen molar-refractivity contribution < 1.29 is 9.59 Å². The number of benzene rings is 2. The summed E-state index contributed by atoms with van der Waals surface area (Å²) in [5.74, 6) is -1.29. The van der Waals surface area contributed by atoms with E-state index in [9.17, 15) is 14.9 Å². The van der Waals surface area contributed by atoms with Crippen molar-refractivity contribution in [1.82, 2.24) is 0 Å². The molecule has 2 atom stereocenters. The molecule has 32 heavy (non-hydrogen) atoms. The highest BCUT2D eigenvalue weighted by Crippen LogP contribution is 2.61. The lowest BCUT2D eigenvalue weighted by Crippen LogP contribution is -2.41. The standard InChI is InChI=1S/C27H20N2O2S/c28-13-19-14-7-5-6-12-20(14)32-27(19)29-25(30)23-21-15-8-1-2-9-16(15)22(24(23)26(29)31)18-11-4-3-10-17(18)21/h1-4,8-11,21-24H,5-7,12H2/t21?,22?,23-,24-/m0/s1. The SMILES string of the molecule is N#Cc1c(N2C(=O)[C@H]3C4c5ccccc5C(c5ccccc54)[C@@H]3C2=O)sc2c1CCCC2. The number of carbonyl (C=O) groups is 2. The molecule has 0 saturated carbocycles. The van der Waals surface area contributed by atoms with Gasteiger partial charge >= 0.3 is 0 Å². The van der Waals surface area contributed by atoms with E-state index in [0.717, 1.165) is 31.2 Å². The molecule has 8 rings (SSSR count). The van der Waals surface area contributed by atoms with Crippen molar-refractivity contribution in [3.8, 4) is 6.07 Å². The topological polar surface area (TPSA) is 61.2 Å². The van der Waals surface area contributed by atoms with Crippen LogP contribution in [0.2, 0.25) is 0 Å². The number of aryl methyl sites for hydroxylation is 1. The summed E-state index contributed by atoms with van der Waals surface area (Å²) in [7, 11) is 0. The van der Waals surface area contributed by atoms with Crippen LogP contribution in [0.5, 0.6) is 0 Å². The molecule has 5 aliphatic rings. The zero-order valence-electron chi connectivity index (χ0n) is 17.4. The number of imide groups is 1. The van der Waals surface area contributed by atoms with Gasteiger partial charge in [0.15, 0.2) is 0 Å². The molecule has 5 heteroatoms. The highest BCUT2D eigenvalue weighted by atomic mass is 32.1. The number of rotatable bonds is 1. The maximum absolute atomic E-state index is 13.9. The van der Waals surface area contributed by atoms with E-state index in [1.54, 1.807) is 0 Å². The van der Waals surface area contributed by atoms with Crippen LogP contribution < -0.4 is 4.90 Å². The van der Waals surface area contributed by atoms with Gasteiger partial charge in [-0.25, -0.2) is 4.90 Å². The molecule has 2 aromatic carbocycles. The first-order chi connectivity index (χ1) is 15.7. The Balaban J connectivity index is 1.43. The number of amides is 2. The van der Waals surface area contributed by atoms with Gasteiger partial charge in [0, 0.05) is 16.7 Å². The van der Waals surface area contributed by atoms with E-state index in [4.69, 9.17) is 0 Å².